The third-order valence-electron chi connectivity index (χ3n) is 8.75. The molecule has 3 aromatic carbocycles. The number of carbonyl (C=O) groups is 2. The zero-order valence-electron chi connectivity index (χ0n) is 24.5. The Kier molecular flexibility index (Phi) is 8.02. The molecule has 0 bridgehead atoms. The van der Waals surface area contributed by atoms with Crippen molar-refractivity contribution in [3.63, 3.8) is 0 Å². The largest absolute Gasteiger partial charge is 0.456 e. The number of furan rings is 1. The lowest BCUT2D eigenvalue weighted by atomic mass is 9.90. The van der Waals surface area contributed by atoms with Gasteiger partial charge in [-0.1, -0.05) is 75.4 Å². The quantitative estimate of drug-likeness (QED) is 0.153. The van der Waals surface area contributed by atoms with Crippen LogP contribution in [0.1, 0.15) is 74.0 Å². The van der Waals surface area contributed by atoms with Gasteiger partial charge in [-0.15, -0.1) is 0 Å². The highest BCUT2D eigenvalue weighted by atomic mass is 28.4. The summed E-state index contributed by atoms with van der Waals surface area (Å²) in [5.41, 5.74) is 4.16. The predicted molar refractivity (Wildman–Crippen MR) is 164 cm³/mol. The number of hydrogen-bond acceptors (Lipinski definition) is 4. The first-order valence-electron chi connectivity index (χ1n) is 14.5. The maximum absolute atomic E-state index is 14.1. The number of Topliss-reactive ketones (excluding diaryl/α,β-unsaturated/α-hetero) is 1. The third-order valence-corrected chi connectivity index (χ3v) is 13.2. The van der Waals surface area contributed by atoms with Crippen molar-refractivity contribution in [1.29, 1.82) is 0 Å². The number of ketones is 1. The molecule has 1 aliphatic heterocycles. The molecule has 40 heavy (non-hydrogen) atoms. The van der Waals surface area contributed by atoms with Crippen LogP contribution in [0.5, 0.6) is 0 Å². The van der Waals surface area contributed by atoms with Gasteiger partial charge in [0.15, 0.2) is 14.1 Å². The first-order valence-corrected chi connectivity index (χ1v) is 17.4. The topological polar surface area (TPSA) is 59.8 Å². The van der Waals surface area contributed by atoms with Gasteiger partial charge in [-0.2, -0.15) is 0 Å². The summed E-state index contributed by atoms with van der Waals surface area (Å²) in [6.45, 7) is 12.9. The van der Waals surface area contributed by atoms with E-state index >= 15 is 0 Å². The van der Waals surface area contributed by atoms with E-state index in [2.05, 4.69) is 46.0 Å². The fourth-order valence-corrected chi connectivity index (χ4v) is 6.73. The molecule has 0 radical (unpaired) electrons. The second-order valence-electron chi connectivity index (χ2n) is 12.6. The van der Waals surface area contributed by atoms with E-state index in [0.717, 1.165) is 53.4 Å². The van der Waals surface area contributed by atoms with Gasteiger partial charge in [-0.25, -0.2) is 0 Å². The van der Waals surface area contributed by atoms with Crippen molar-refractivity contribution in [3.8, 4) is 0 Å². The van der Waals surface area contributed by atoms with Crippen molar-refractivity contribution in [1.82, 2.24) is 4.90 Å². The Balaban J connectivity index is 1.56. The number of benzene rings is 3. The monoisotopic (exact) mass is 555 g/mol. The lowest BCUT2D eigenvalue weighted by molar-refractivity contribution is -0.130. The molecule has 5 nitrogen and oxygen atoms in total. The summed E-state index contributed by atoms with van der Waals surface area (Å²) in [5.74, 6) is 0.0545. The van der Waals surface area contributed by atoms with Gasteiger partial charge in [-0.3, -0.25) is 9.59 Å². The number of rotatable bonds is 9. The summed E-state index contributed by atoms with van der Waals surface area (Å²) in [6, 6.07) is 22.2. The summed E-state index contributed by atoms with van der Waals surface area (Å²) in [6.07, 6.45) is 2.86. The van der Waals surface area contributed by atoms with Crippen LogP contribution in [-0.4, -0.2) is 38.0 Å². The second-order valence-corrected chi connectivity index (χ2v) is 17.3. The van der Waals surface area contributed by atoms with E-state index in [-0.39, 0.29) is 35.7 Å². The molecule has 1 unspecified atom stereocenters. The van der Waals surface area contributed by atoms with Crippen LogP contribution in [0.4, 0.5) is 0 Å². The molecular weight excluding hydrogens is 514 g/mol. The molecule has 0 N–H and O–H groups in total. The predicted octanol–water partition coefficient (Wildman–Crippen LogP) is 8.48. The summed E-state index contributed by atoms with van der Waals surface area (Å²) >= 11 is 0. The standard InChI is InChI=1S/C34H41NO4Si/c1-34(2,3)40(4,5)39-30(24-13-7-6-8-14-24)23-25-17-19-29-33(26-15-9-10-16-28(26)38-29)32(25)27(36)18-20-31(37)35-21-11-12-22-35/h6-10,13-17,19,30H,11-12,18,20-23H2,1-5H3. The smallest absolute Gasteiger partial charge is 0.223 e. The highest BCUT2D eigenvalue weighted by molar-refractivity contribution is 6.74. The van der Waals surface area contributed by atoms with Crippen LogP contribution in [0.25, 0.3) is 21.9 Å². The number of amides is 1. The normalized spacial score (nSPS) is 15.2. The van der Waals surface area contributed by atoms with Crippen LogP contribution in [-0.2, 0) is 15.6 Å². The minimum atomic E-state index is -2.13. The van der Waals surface area contributed by atoms with Crippen LogP contribution in [0.2, 0.25) is 18.1 Å². The van der Waals surface area contributed by atoms with Crippen molar-refractivity contribution in [2.24, 2.45) is 0 Å². The lowest BCUT2D eigenvalue weighted by Gasteiger charge is -2.39. The minimum Gasteiger partial charge on any atom is -0.456 e. The van der Waals surface area contributed by atoms with Gasteiger partial charge < -0.3 is 13.7 Å². The molecule has 6 heteroatoms. The molecule has 1 aromatic heterocycles. The molecule has 1 aliphatic rings. The molecule has 0 saturated carbocycles. The molecule has 1 fully saturated rings. The second kappa shape index (κ2) is 11.3. The van der Waals surface area contributed by atoms with Crippen molar-refractivity contribution in [2.75, 3.05) is 13.1 Å². The number of fused-ring (bicyclic) bond motifs is 3. The first-order chi connectivity index (χ1) is 19.0. The van der Waals surface area contributed by atoms with Crippen LogP contribution < -0.4 is 0 Å². The Morgan fingerprint density at radius 2 is 1.57 bits per heavy atom. The molecule has 210 valence electrons. The zero-order valence-corrected chi connectivity index (χ0v) is 25.5. The number of carbonyl (C=O) groups excluding carboxylic acids is 2. The fourth-order valence-electron chi connectivity index (χ4n) is 5.45. The average Bonchev–Trinajstić information content (AvgIpc) is 3.59. The van der Waals surface area contributed by atoms with Crippen LogP contribution in [0, 0.1) is 0 Å². The van der Waals surface area contributed by atoms with Gasteiger partial charge in [0.25, 0.3) is 0 Å². The number of para-hydroxylation sites is 1. The van der Waals surface area contributed by atoms with E-state index in [1.54, 1.807) is 0 Å². The van der Waals surface area contributed by atoms with Gasteiger partial charge in [0.2, 0.25) is 5.91 Å². The maximum Gasteiger partial charge on any atom is 0.223 e. The van der Waals surface area contributed by atoms with E-state index < -0.39 is 8.32 Å². The van der Waals surface area contributed by atoms with E-state index in [9.17, 15) is 9.59 Å². The minimum absolute atomic E-state index is 0.0150. The van der Waals surface area contributed by atoms with Crippen LogP contribution >= 0.6 is 0 Å². The zero-order chi connectivity index (χ0) is 28.5. The molecule has 1 saturated heterocycles. The van der Waals surface area contributed by atoms with Gasteiger partial charge in [0, 0.05) is 48.7 Å². The molecular formula is C34H41NO4Si. The molecule has 1 atom stereocenters. The Bertz CT molecular complexity index is 1510. The molecule has 4 aromatic rings. The third kappa shape index (κ3) is 5.79. The number of nitrogens with zero attached hydrogens (tertiary/aromatic N) is 1. The molecule has 5 rings (SSSR count). The molecule has 2 heterocycles. The summed E-state index contributed by atoms with van der Waals surface area (Å²) < 4.78 is 13.2. The highest BCUT2D eigenvalue weighted by Crippen LogP contribution is 2.42. The van der Waals surface area contributed by atoms with Crippen LogP contribution in [0.15, 0.2) is 71.1 Å². The Morgan fingerprint density at radius 3 is 2.27 bits per heavy atom. The highest BCUT2D eigenvalue weighted by Gasteiger charge is 2.40. The molecule has 0 aliphatic carbocycles. The Labute approximate surface area is 238 Å². The van der Waals surface area contributed by atoms with Crippen molar-refractivity contribution in [2.45, 2.75) is 77.1 Å². The number of hydrogen-bond donors (Lipinski definition) is 0. The average molecular weight is 556 g/mol. The van der Waals surface area contributed by atoms with Gasteiger partial charge >= 0.3 is 0 Å². The van der Waals surface area contributed by atoms with Gasteiger partial charge in [0.1, 0.15) is 11.2 Å². The first kappa shape index (κ1) is 28.3. The van der Waals surface area contributed by atoms with Gasteiger partial charge in [-0.05, 0) is 54.2 Å². The van der Waals surface area contributed by atoms with Crippen molar-refractivity contribution >= 4 is 41.9 Å². The Hall–Kier alpha value is -3.22. The van der Waals surface area contributed by atoms with E-state index in [1.807, 2.05) is 59.5 Å². The number of likely N-dealkylation sites (tertiary alicyclic amines) is 1. The summed E-state index contributed by atoms with van der Waals surface area (Å²) in [5, 5.41) is 1.81. The summed E-state index contributed by atoms with van der Waals surface area (Å²) in [4.78, 5) is 28.8. The van der Waals surface area contributed by atoms with Crippen LogP contribution in [0.3, 0.4) is 0 Å². The maximum atomic E-state index is 14.1. The fraction of sp³-hybridized carbons (Fsp3) is 0.412. The SMILES string of the molecule is CC(C)(C)[Si](C)(C)OC(Cc1ccc2oc3ccccc3c2c1C(=O)CCC(=O)N1CCCC1)c1ccccc1. The van der Waals surface area contributed by atoms with E-state index in [4.69, 9.17) is 8.84 Å². The van der Waals surface area contributed by atoms with Gasteiger partial charge in [0.05, 0.1) is 6.10 Å². The van der Waals surface area contributed by atoms with E-state index in [1.165, 1.54) is 0 Å². The van der Waals surface area contributed by atoms with E-state index in [0.29, 0.717) is 17.6 Å². The van der Waals surface area contributed by atoms with Crippen molar-refractivity contribution in [3.05, 3.63) is 83.4 Å². The Morgan fingerprint density at radius 1 is 0.900 bits per heavy atom. The van der Waals surface area contributed by atoms with Crippen molar-refractivity contribution < 1.29 is 18.4 Å². The molecule has 0 spiro atoms. The summed E-state index contributed by atoms with van der Waals surface area (Å²) in [7, 11) is -2.13. The molecule has 1 amide bonds. The lowest BCUT2D eigenvalue weighted by Crippen LogP contribution is -2.42.